The van der Waals surface area contributed by atoms with E-state index in [2.05, 4.69) is 0 Å². The molecule has 9 nitrogen and oxygen atoms in total. The highest BCUT2D eigenvalue weighted by Crippen LogP contribution is 2.32. The first kappa shape index (κ1) is 26.4. The monoisotopic (exact) mass is 538 g/mol. The van der Waals surface area contributed by atoms with Gasteiger partial charge < -0.3 is 9.84 Å². The minimum Gasteiger partial charge on any atom is -0.495 e. The lowest BCUT2D eigenvalue weighted by molar-refractivity contribution is -0.385. The van der Waals surface area contributed by atoms with E-state index in [0.29, 0.717) is 10.6 Å². The molecular weight excluding hydrogens is 519 g/mol. The van der Waals surface area contributed by atoms with E-state index in [1.54, 1.807) is 18.2 Å². The molecule has 3 aromatic carbocycles. The topological polar surface area (TPSA) is 127 Å². The summed E-state index contributed by atoms with van der Waals surface area (Å²) < 4.78 is 33.8. The number of halogens is 2. The number of aryl methyl sites for hydroxylation is 1. The fourth-order valence-corrected chi connectivity index (χ4v) is 5.49. The summed E-state index contributed by atoms with van der Waals surface area (Å²) in [5.41, 5.74) is -0.216. The lowest BCUT2D eigenvalue weighted by Gasteiger charge is -2.24. The molecular formula is C23H20Cl2N2O7S. The number of hydrogen-bond donors (Lipinski definition) is 1. The maximum absolute atomic E-state index is 13.7. The van der Waals surface area contributed by atoms with Gasteiger partial charge in [0.05, 0.1) is 22.1 Å². The molecule has 0 aliphatic rings. The number of carboxylic acid groups (broad SMARTS) is 1. The van der Waals surface area contributed by atoms with Gasteiger partial charge >= 0.3 is 5.97 Å². The van der Waals surface area contributed by atoms with Gasteiger partial charge in [0, 0.05) is 18.7 Å². The Morgan fingerprint density at radius 1 is 1.06 bits per heavy atom. The molecule has 0 heterocycles. The number of ether oxygens (including phenoxy) is 1. The predicted molar refractivity (Wildman–Crippen MR) is 131 cm³/mol. The van der Waals surface area contributed by atoms with Crippen molar-refractivity contribution < 1.29 is 28.0 Å². The summed E-state index contributed by atoms with van der Waals surface area (Å²) in [6.07, 6.45) is 0. The quantitative estimate of drug-likeness (QED) is 0.289. The van der Waals surface area contributed by atoms with Crippen LogP contribution in [-0.4, -0.2) is 35.8 Å². The van der Waals surface area contributed by atoms with Crippen LogP contribution in [0.2, 0.25) is 10.0 Å². The van der Waals surface area contributed by atoms with Crippen LogP contribution < -0.4 is 4.74 Å². The largest absolute Gasteiger partial charge is 0.495 e. The van der Waals surface area contributed by atoms with Crippen LogP contribution in [0.5, 0.6) is 5.75 Å². The zero-order valence-electron chi connectivity index (χ0n) is 18.6. The number of carboxylic acids is 1. The van der Waals surface area contributed by atoms with Gasteiger partial charge in [0.2, 0.25) is 10.0 Å². The van der Waals surface area contributed by atoms with Crippen LogP contribution in [-0.2, 0) is 23.1 Å². The van der Waals surface area contributed by atoms with Crippen molar-refractivity contribution in [2.45, 2.75) is 24.9 Å². The lowest BCUT2D eigenvalue weighted by atomic mass is 10.0. The Morgan fingerprint density at radius 3 is 2.31 bits per heavy atom. The molecule has 35 heavy (non-hydrogen) atoms. The third kappa shape index (κ3) is 5.73. The van der Waals surface area contributed by atoms with E-state index in [-0.39, 0.29) is 39.9 Å². The van der Waals surface area contributed by atoms with Crippen molar-refractivity contribution in [1.29, 1.82) is 0 Å². The molecule has 3 rings (SSSR count). The Balaban J connectivity index is 2.14. The van der Waals surface area contributed by atoms with E-state index in [9.17, 15) is 28.4 Å². The van der Waals surface area contributed by atoms with Crippen LogP contribution in [0.25, 0.3) is 0 Å². The lowest BCUT2D eigenvalue weighted by Crippen LogP contribution is -2.30. The summed E-state index contributed by atoms with van der Waals surface area (Å²) >= 11 is 12.1. The van der Waals surface area contributed by atoms with Crippen LogP contribution in [0.1, 0.15) is 27.0 Å². The van der Waals surface area contributed by atoms with Crippen molar-refractivity contribution in [2.75, 3.05) is 7.11 Å². The Labute approximate surface area is 211 Å². The van der Waals surface area contributed by atoms with Crippen molar-refractivity contribution in [2.24, 2.45) is 0 Å². The first-order valence-corrected chi connectivity index (χ1v) is 12.2. The summed E-state index contributed by atoms with van der Waals surface area (Å²) in [4.78, 5) is 22.2. The van der Waals surface area contributed by atoms with E-state index in [1.165, 1.54) is 44.4 Å². The third-order valence-electron chi connectivity index (χ3n) is 5.16. The highest BCUT2D eigenvalue weighted by Gasteiger charge is 2.30. The number of benzene rings is 3. The van der Waals surface area contributed by atoms with E-state index in [1.807, 2.05) is 0 Å². The second-order valence-electron chi connectivity index (χ2n) is 7.54. The molecule has 1 N–H and O–H groups in total. The van der Waals surface area contributed by atoms with Crippen LogP contribution >= 0.6 is 23.2 Å². The zero-order valence-corrected chi connectivity index (χ0v) is 20.9. The number of nitro groups is 1. The number of hydrogen-bond acceptors (Lipinski definition) is 6. The minimum atomic E-state index is -4.18. The molecule has 0 aliphatic carbocycles. The maximum atomic E-state index is 13.7. The molecule has 0 saturated carbocycles. The molecule has 0 aliphatic heterocycles. The molecule has 0 unspecified atom stereocenters. The smallest absolute Gasteiger partial charge is 0.342 e. The molecule has 0 atom stereocenters. The molecule has 0 saturated heterocycles. The number of nitrogens with zero attached hydrogens (tertiary/aromatic N) is 2. The van der Waals surface area contributed by atoms with Crippen molar-refractivity contribution in [3.05, 3.63) is 97.0 Å². The Hall–Kier alpha value is -3.18. The van der Waals surface area contributed by atoms with Crippen LogP contribution in [0, 0.1) is 17.0 Å². The number of nitro benzene ring substituents is 1. The Morgan fingerprint density at radius 2 is 1.71 bits per heavy atom. The fourth-order valence-electron chi connectivity index (χ4n) is 3.59. The summed E-state index contributed by atoms with van der Waals surface area (Å²) in [6.45, 7) is 0.974. The van der Waals surface area contributed by atoms with E-state index < -0.39 is 32.2 Å². The van der Waals surface area contributed by atoms with Gasteiger partial charge in [0.15, 0.2) is 0 Å². The van der Waals surface area contributed by atoms with Crippen LogP contribution in [0.3, 0.4) is 0 Å². The normalized spacial score (nSPS) is 11.5. The third-order valence-corrected chi connectivity index (χ3v) is 7.73. The minimum absolute atomic E-state index is 0.0917. The number of methoxy groups -OCH3 is 1. The van der Waals surface area contributed by atoms with Gasteiger partial charge in [0.1, 0.15) is 16.2 Å². The molecule has 0 bridgehead atoms. The molecule has 184 valence electrons. The molecule has 0 aromatic heterocycles. The summed E-state index contributed by atoms with van der Waals surface area (Å²) in [7, 11) is -2.84. The summed E-state index contributed by atoms with van der Waals surface area (Å²) in [5, 5.41) is 21.4. The molecule has 0 radical (unpaired) electrons. The van der Waals surface area contributed by atoms with E-state index in [0.717, 1.165) is 10.4 Å². The molecule has 12 heteroatoms. The Bertz CT molecular complexity index is 1410. The van der Waals surface area contributed by atoms with Crippen molar-refractivity contribution in [3.63, 3.8) is 0 Å². The van der Waals surface area contributed by atoms with E-state index in [4.69, 9.17) is 27.9 Å². The molecule has 3 aromatic rings. The highest BCUT2D eigenvalue weighted by molar-refractivity contribution is 7.89. The molecule has 0 fully saturated rings. The number of carbonyl (C=O) groups is 1. The average Bonchev–Trinajstić information content (AvgIpc) is 2.80. The SMILES string of the molecule is COc1ccccc1S(=O)(=O)N(Cc1ccc(Cl)c(Cl)c1)Cc1cc(C)c([N+](=O)[O-])c(C(=O)O)c1. The fraction of sp³-hybridized carbons (Fsp3) is 0.174. The Kier molecular flexibility index (Phi) is 8.01. The van der Waals surface area contributed by atoms with Gasteiger partial charge in [-0.25, -0.2) is 13.2 Å². The van der Waals surface area contributed by atoms with Crippen molar-refractivity contribution in [1.82, 2.24) is 4.31 Å². The summed E-state index contributed by atoms with van der Waals surface area (Å²) in [5.74, 6) is -1.37. The molecule has 0 spiro atoms. The summed E-state index contributed by atoms with van der Waals surface area (Å²) in [6, 6.07) is 13.2. The highest BCUT2D eigenvalue weighted by atomic mass is 35.5. The van der Waals surface area contributed by atoms with Gasteiger partial charge in [-0.3, -0.25) is 10.1 Å². The van der Waals surface area contributed by atoms with Crippen molar-refractivity contribution >= 4 is 44.9 Å². The van der Waals surface area contributed by atoms with Crippen LogP contribution in [0.4, 0.5) is 5.69 Å². The van der Waals surface area contributed by atoms with E-state index >= 15 is 0 Å². The molecule has 0 amide bonds. The standard InChI is InChI=1S/C23H20Cl2N2O7S/c1-14-9-16(10-17(23(28)29)22(14)27(30)31)13-26(12-15-7-8-18(24)19(25)11-15)35(32,33)21-6-4-3-5-20(21)34-2/h3-11H,12-13H2,1-2H3,(H,28,29). The number of para-hydroxylation sites is 1. The van der Waals surface area contributed by atoms with Crippen molar-refractivity contribution in [3.8, 4) is 5.75 Å². The second kappa shape index (κ2) is 10.6. The number of aromatic carboxylic acids is 1. The van der Waals surface area contributed by atoms with Gasteiger partial charge in [-0.1, -0.05) is 41.4 Å². The van der Waals surface area contributed by atoms with Gasteiger partial charge in [-0.15, -0.1) is 0 Å². The first-order chi connectivity index (χ1) is 16.4. The van der Waals surface area contributed by atoms with Gasteiger partial charge in [-0.05, 0) is 54.4 Å². The number of sulfonamides is 1. The average molecular weight is 539 g/mol. The van der Waals surface area contributed by atoms with Gasteiger partial charge in [-0.2, -0.15) is 4.31 Å². The second-order valence-corrected chi connectivity index (χ2v) is 10.3. The number of rotatable bonds is 9. The zero-order chi connectivity index (χ0) is 25.9. The first-order valence-electron chi connectivity index (χ1n) is 10.0. The van der Waals surface area contributed by atoms with Crippen LogP contribution in [0.15, 0.2) is 59.5 Å². The predicted octanol–water partition coefficient (Wildman–Crippen LogP) is 5.31. The maximum Gasteiger partial charge on any atom is 0.342 e. The van der Waals surface area contributed by atoms with Gasteiger partial charge in [0.25, 0.3) is 5.69 Å².